The molecule has 0 fully saturated rings. The molecule has 0 aliphatic rings. The van der Waals surface area contributed by atoms with E-state index in [1.54, 1.807) is 12.1 Å². The Hall–Kier alpha value is -0.910. The summed E-state index contributed by atoms with van der Waals surface area (Å²) < 4.78 is 20.5. The quantitative estimate of drug-likeness (QED) is 0.680. The van der Waals surface area contributed by atoms with Crippen LogP contribution in [0.2, 0.25) is 0 Å². The van der Waals surface area contributed by atoms with Gasteiger partial charge in [-0.2, -0.15) is 0 Å². The molecule has 0 saturated carbocycles. The van der Waals surface area contributed by atoms with Crippen molar-refractivity contribution in [3.8, 4) is 11.5 Å². The first-order chi connectivity index (χ1) is 9.95. The van der Waals surface area contributed by atoms with Gasteiger partial charge in [-0.3, -0.25) is 0 Å². The molecule has 1 N–H and O–H groups in total. The summed E-state index contributed by atoms with van der Waals surface area (Å²) in [6, 6.07) is 10.9. The van der Waals surface area contributed by atoms with Gasteiger partial charge in [0.15, 0.2) is 0 Å². The third-order valence-corrected chi connectivity index (χ3v) is 4.23. The average Bonchev–Trinajstić information content (AvgIpc) is 2.42. The summed E-state index contributed by atoms with van der Waals surface area (Å²) in [4.78, 5) is 0. The summed E-state index contributed by atoms with van der Waals surface area (Å²) >= 11 is 6.65. The van der Waals surface area contributed by atoms with Gasteiger partial charge >= 0.3 is 0 Å². The van der Waals surface area contributed by atoms with E-state index in [0.717, 1.165) is 16.6 Å². The molecule has 0 atom stereocenters. The minimum Gasteiger partial charge on any atom is -0.457 e. The van der Waals surface area contributed by atoms with Crippen molar-refractivity contribution in [2.75, 3.05) is 0 Å². The normalized spacial score (nSPS) is 11.0. The van der Waals surface area contributed by atoms with Gasteiger partial charge in [0.05, 0.1) is 4.47 Å². The second kappa shape index (κ2) is 7.38. The van der Waals surface area contributed by atoms with Crippen LogP contribution in [0.15, 0.2) is 45.3 Å². The van der Waals surface area contributed by atoms with Crippen LogP contribution in [0.5, 0.6) is 11.5 Å². The second-order valence-electron chi connectivity index (χ2n) is 4.97. The predicted molar refractivity (Wildman–Crippen MR) is 90.3 cm³/mol. The Labute approximate surface area is 141 Å². The van der Waals surface area contributed by atoms with E-state index in [2.05, 4.69) is 51.0 Å². The Bertz CT molecular complexity index is 632. The Morgan fingerprint density at radius 3 is 2.33 bits per heavy atom. The first-order valence-electron chi connectivity index (χ1n) is 6.60. The molecule has 5 heteroatoms. The molecule has 0 bridgehead atoms. The molecule has 0 aromatic heterocycles. The van der Waals surface area contributed by atoms with Crippen LogP contribution in [0.25, 0.3) is 0 Å². The van der Waals surface area contributed by atoms with Crippen molar-refractivity contribution >= 4 is 31.9 Å². The number of rotatable bonds is 5. The van der Waals surface area contributed by atoms with E-state index in [1.807, 2.05) is 18.2 Å². The van der Waals surface area contributed by atoms with Gasteiger partial charge in [0.25, 0.3) is 0 Å². The highest BCUT2D eigenvalue weighted by molar-refractivity contribution is 9.10. The molecular formula is C16H16Br2FNO. The Balaban J connectivity index is 2.10. The van der Waals surface area contributed by atoms with E-state index >= 15 is 0 Å². The smallest absolute Gasteiger partial charge is 0.141 e. The Morgan fingerprint density at radius 1 is 1.05 bits per heavy atom. The molecule has 21 heavy (non-hydrogen) atoms. The summed E-state index contributed by atoms with van der Waals surface area (Å²) in [6.45, 7) is 4.99. The Kier molecular flexibility index (Phi) is 5.79. The molecule has 0 heterocycles. The molecule has 112 valence electrons. The van der Waals surface area contributed by atoms with E-state index in [1.165, 1.54) is 6.07 Å². The lowest BCUT2D eigenvalue weighted by Crippen LogP contribution is -2.21. The van der Waals surface area contributed by atoms with E-state index in [-0.39, 0.29) is 5.82 Å². The molecule has 2 nitrogen and oxygen atoms in total. The second-order valence-corrected chi connectivity index (χ2v) is 6.68. The number of hydrogen-bond acceptors (Lipinski definition) is 2. The zero-order chi connectivity index (χ0) is 15.4. The van der Waals surface area contributed by atoms with Gasteiger partial charge in [0.2, 0.25) is 0 Å². The topological polar surface area (TPSA) is 21.3 Å². The molecule has 0 saturated heterocycles. The molecule has 0 aliphatic carbocycles. The van der Waals surface area contributed by atoms with Gasteiger partial charge in [-0.05, 0) is 45.8 Å². The van der Waals surface area contributed by atoms with Gasteiger partial charge in [0.1, 0.15) is 17.3 Å². The van der Waals surface area contributed by atoms with Crippen molar-refractivity contribution in [3.05, 3.63) is 56.7 Å². The summed E-state index contributed by atoms with van der Waals surface area (Å²) in [7, 11) is 0. The van der Waals surface area contributed by atoms with E-state index < -0.39 is 0 Å². The maximum atomic E-state index is 13.5. The predicted octanol–water partition coefficient (Wildman–Crippen LogP) is 5.64. The maximum Gasteiger partial charge on any atom is 0.141 e. The fourth-order valence-corrected chi connectivity index (χ4v) is 2.47. The fraction of sp³-hybridized carbons (Fsp3) is 0.250. The minimum atomic E-state index is -0.343. The summed E-state index contributed by atoms with van der Waals surface area (Å²) in [5.41, 5.74) is 1.15. The van der Waals surface area contributed by atoms with Crippen molar-refractivity contribution in [3.63, 3.8) is 0 Å². The van der Waals surface area contributed by atoms with Crippen LogP contribution in [-0.2, 0) is 6.54 Å². The lowest BCUT2D eigenvalue weighted by atomic mass is 10.2. The first kappa shape index (κ1) is 16.5. The molecule has 2 rings (SSSR count). The van der Waals surface area contributed by atoms with Crippen molar-refractivity contribution in [2.24, 2.45) is 0 Å². The number of benzene rings is 2. The van der Waals surface area contributed by atoms with E-state index in [9.17, 15) is 4.39 Å². The van der Waals surface area contributed by atoms with E-state index in [0.29, 0.717) is 22.0 Å². The van der Waals surface area contributed by atoms with Gasteiger partial charge < -0.3 is 10.1 Å². The maximum absolute atomic E-state index is 13.5. The van der Waals surface area contributed by atoms with Crippen LogP contribution in [0.3, 0.4) is 0 Å². The van der Waals surface area contributed by atoms with Gasteiger partial charge in [-0.15, -0.1) is 0 Å². The number of halogens is 3. The SMILES string of the molecule is CC(C)NCc1ccc(Oc2ccc(Br)c(F)c2)cc1Br. The van der Waals surface area contributed by atoms with Crippen LogP contribution in [0.1, 0.15) is 19.4 Å². The molecule has 2 aromatic carbocycles. The van der Waals surface area contributed by atoms with Gasteiger partial charge in [-0.25, -0.2) is 4.39 Å². The minimum absolute atomic E-state index is 0.343. The molecule has 0 spiro atoms. The monoisotopic (exact) mass is 415 g/mol. The number of ether oxygens (including phenoxy) is 1. The van der Waals surface area contributed by atoms with Crippen LogP contribution in [0, 0.1) is 5.82 Å². The van der Waals surface area contributed by atoms with Crippen molar-refractivity contribution < 1.29 is 9.13 Å². The molecule has 0 amide bonds. The average molecular weight is 417 g/mol. The molecule has 2 aromatic rings. The van der Waals surface area contributed by atoms with Crippen LogP contribution < -0.4 is 10.1 Å². The van der Waals surface area contributed by atoms with Crippen molar-refractivity contribution in [1.29, 1.82) is 0 Å². The third-order valence-electron chi connectivity index (χ3n) is 2.85. The summed E-state index contributed by atoms with van der Waals surface area (Å²) in [6.07, 6.45) is 0. The van der Waals surface area contributed by atoms with Gasteiger partial charge in [-0.1, -0.05) is 35.8 Å². The largest absolute Gasteiger partial charge is 0.457 e. The molecular weight excluding hydrogens is 401 g/mol. The number of nitrogens with one attached hydrogen (secondary N) is 1. The lowest BCUT2D eigenvalue weighted by molar-refractivity contribution is 0.475. The highest BCUT2D eigenvalue weighted by Crippen LogP contribution is 2.29. The molecule has 0 radical (unpaired) electrons. The van der Waals surface area contributed by atoms with Crippen LogP contribution >= 0.6 is 31.9 Å². The van der Waals surface area contributed by atoms with Gasteiger partial charge in [0, 0.05) is 23.1 Å². The summed E-state index contributed by atoms with van der Waals surface area (Å²) in [5.74, 6) is 0.789. The number of hydrogen-bond donors (Lipinski definition) is 1. The summed E-state index contributed by atoms with van der Waals surface area (Å²) in [5, 5.41) is 3.36. The van der Waals surface area contributed by atoms with Crippen LogP contribution in [0.4, 0.5) is 4.39 Å². The highest BCUT2D eigenvalue weighted by atomic mass is 79.9. The van der Waals surface area contributed by atoms with Crippen molar-refractivity contribution in [2.45, 2.75) is 26.4 Å². The standard InChI is InChI=1S/C16H16Br2FNO/c1-10(2)20-9-11-3-4-12(7-15(11)18)21-13-5-6-14(17)16(19)8-13/h3-8,10,20H,9H2,1-2H3. The molecule has 0 aliphatic heterocycles. The zero-order valence-corrected chi connectivity index (χ0v) is 15.0. The van der Waals surface area contributed by atoms with Crippen molar-refractivity contribution in [1.82, 2.24) is 5.32 Å². The third kappa shape index (κ3) is 4.80. The lowest BCUT2D eigenvalue weighted by Gasteiger charge is -2.12. The first-order valence-corrected chi connectivity index (χ1v) is 8.19. The molecule has 0 unspecified atom stereocenters. The fourth-order valence-electron chi connectivity index (χ4n) is 1.73. The highest BCUT2D eigenvalue weighted by Gasteiger charge is 2.06. The Morgan fingerprint density at radius 2 is 1.71 bits per heavy atom. The van der Waals surface area contributed by atoms with Crippen LogP contribution in [-0.4, -0.2) is 6.04 Å². The van der Waals surface area contributed by atoms with E-state index in [4.69, 9.17) is 4.74 Å². The zero-order valence-electron chi connectivity index (χ0n) is 11.8.